The van der Waals surface area contributed by atoms with E-state index < -0.39 is 0 Å². The molecule has 0 bridgehead atoms. The van der Waals surface area contributed by atoms with E-state index in [4.69, 9.17) is 4.84 Å². The first-order valence-electron chi connectivity index (χ1n) is 4.14. The Hall–Kier alpha value is -1.42. The third-order valence-corrected chi connectivity index (χ3v) is 1.98. The Morgan fingerprint density at radius 3 is 2.64 bits per heavy atom. The molecule has 0 aliphatic rings. The van der Waals surface area contributed by atoms with Gasteiger partial charge in [-0.05, 0) is 24.6 Å². The number of hydroxylamine groups is 2. The summed E-state index contributed by atoms with van der Waals surface area (Å²) in [6, 6.07) is 4.33. The standard InChI is InChI=1S/C10H12FNO2/c1-7-4-5-8(6-9(7)11)10(13)12(2)14-3/h4-6H,1-3H3. The molecule has 0 heterocycles. The summed E-state index contributed by atoms with van der Waals surface area (Å²) in [4.78, 5) is 16.2. The van der Waals surface area contributed by atoms with Gasteiger partial charge in [-0.3, -0.25) is 9.63 Å². The highest BCUT2D eigenvalue weighted by Gasteiger charge is 2.12. The summed E-state index contributed by atoms with van der Waals surface area (Å²) < 4.78 is 13.1. The van der Waals surface area contributed by atoms with E-state index in [2.05, 4.69) is 0 Å². The molecule has 0 fully saturated rings. The van der Waals surface area contributed by atoms with E-state index in [1.165, 1.54) is 20.2 Å². The molecule has 0 radical (unpaired) electrons. The van der Waals surface area contributed by atoms with Gasteiger partial charge in [-0.25, -0.2) is 9.45 Å². The topological polar surface area (TPSA) is 29.5 Å². The van der Waals surface area contributed by atoms with E-state index in [9.17, 15) is 9.18 Å². The normalized spacial score (nSPS) is 10.0. The van der Waals surface area contributed by atoms with E-state index in [1.54, 1.807) is 19.1 Å². The van der Waals surface area contributed by atoms with E-state index >= 15 is 0 Å². The number of halogens is 1. The van der Waals surface area contributed by atoms with Crippen LogP contribution in [-0.4, -0.2) is 25.1 Å². The number of hydrogen-bond acceptors (Lipinski definition) is 2. The van der Waals surface area contributed by atoms with Crippen molar-refractivity contribution in [3.05, 3.63) is 35.1 Å². The van der Waals surface area contributed by atoms with Gasteiger partial charge in [-0.2, -0.15) is 0 Å². The van der Waals surface area contributed by atoms with Crippen LogP contribution in [0.4, 0.5) is 4.39 Å². The van der Waals surface area contributed by atoms with Gasteiger partial charge in [0.05, 0.1) is 7.11 Å². The summed E-state index contributed by atoms with van der Waals surface area (Å²) in [5.41, 5.74) is 0.791. The molecule has 0 unspecified atom stereocenters. The molecule has 76 valence electrons. The van der Waals surface area contributed by atoms with Crippen LogP contribution < -0.4 is 0 Å². The predicted molar refractivity (Wildman–Crippen MR) is 50.2 cm³/mol. The Morgan fingerprint density at radius 2 is 2.14 bits per heavy atom. The van der Waals surface area contributed by atoms with E-state index in [0.717, 1.165) is 5.06 Å². The summed E-state index contributed by atoms with van der Waals surface area (Å²) in [6.45, 7) is 1.64. The molecule has 0 aromatic heterocycles. The Bertz CT molecular complexity index is 352. The van der Waals surface area contributed by atoms with Gasteiger partial charge >= 0.3 is 0 Å². The van der Waals surface area contributed by atoms with Crippen LogP contribution in [0, 0.1) is 12.7 Å². The van der Waals surface area contributed by atoms with Crippen molar-refractivity contribution in [3.8, 4) is 0 Å². The average molecular weight is 197 g/mol. The Labute approximate surface area is 82.0 Å². The van der Waals surface area contributed by atoms with Crippen LogP contribution in [-0.2, 0) is 4.84 Å². The summed E-state index contributed by atoms with van der Waals surface area (Å²) in [5.74, 6) is -0.758. The zero-order chi connectivity index (χ0) is 10.7. The maximum absolute atomic E-state index is 13.1. The molecular weight excluding hydrogens is 185 g/mol. The van der Waals surface area contributed by atoms with E-state index in [-0.39, 0.29) is 17.3 Å². The van der Waals surface area contributed by atoms with Crippen molar-refractivity contribution < 1.29 is 14.0 Å². The Kier molecular flexibility index (Phi) is 3.19. The second-order valence-electron chi connectivity index (χ2n) is 2.95. The molecule has 0 saturated carbocycles. The fourth-order valence-electron chi connectivity index (χ4n) is 0.991. The lowest BCUT2D eigenvalue weighted by Gasteiger charge is -2.13. The average Bonchev–Trinajstić information content (AvgIpc) is 2.20. The molecule has 14 heavy (non-hydrogen) atoms. The van der Waals surface area contributed by atoms with E-state index in [1.807, 2.05) is 0 Å². The van der Waals surface area contributed by atoms with Gasteiger partial charge in [0.2, 0.25) is 0 Å². The number of carbonyl (C=O) groups excluding carboxylic acids is 1. The first-order chi connectivity index (χ1) is 6.56. The van der Waals surface area contributed by atoms with Crippen LogP contribution in [0.15, 0.2) is 18.2 Å². The number of nitrogens with zero attached hydrogens (tertiary/aromatic N) is 1. The number of benzene rings is 1. The third kappa shape index (κ3) is 2.09. The minimum absolute atomic E-state index is 0.275. The summed E-state index contributed by atoms with van der Waals surface area (Å²) >= 11 is 0. The quantitative estimate of drug-likeness (QED) is 0.676. The molecule has 0 atom stereocenters. The van der Waals surface area contributed by atoms with Crippen LogP contribution in [0.2, 0.25) is 0 Å². The van der Waals surface area contributed by atoms with Crippen molar-refractivity contribution in [3.63, 3.8) is 0 Å². The number of amides is 1. The highest BCUT2D eigenvalue weighted by atomic mass is 19.1. The van der Waals surface area contributed by atoms with Crippen LogP contribution in [0.5, 0.6) is 0 Å². The third-order valence-electron chi connectivity index (χ3n) is 1.98. The second kappa shape index (κ2) is 4.19. The smallest absolute Gasteiger partial charge is 0.274 e. The SMILES string of the molecule is CON(C)C(=O)c1ccc(C)c(F)c1. The van der Waals surface area contributed by atoms with Gasteiger partial charge in [-0.1, -0.05) is 6.07 Å². The Balaban J connectivity index is 2.97. The highest BCUT2D eigenvalue weighted by Crippen LogP contribution is 2.10. The zero-order valence-corrected chi connectivity index (χ0v) is 8.37. The largest absolute Gasteiger partial charge is 0.277 e. The lowest BCUT2D eigenvalue weighted by atomic mass is 10.1. The van der Waals surface area contributed by atoms with Gasteiger partial charge in [0.15, 0.2) is 0 Å². The van der Waals surface area contributed by atoms with Crippen LogP contribution in [0.1, 0.15) is 15.9 Å². The van der Waals surface area contributed by atoms with Crippen molar-refractivity contribution in [2.75, 3.05) is 14.2 Å². The number of rotatable bonds is 2. The first kappa shape index (κ1) is 10.7. The van der Waals surface area contributed by atoms with Crippen molar-refractivity contribution in [1.82, 2.24) is 5.06 Å². The lowest BCUT2D eigenvalue weighted by Crippen LogP contribution is -2.25. The highest BCUT2D eigenvalue weighted by molar-refractivity contribution is 5.93. The molecule has 1 amide bonds. The molecule has 0 spiro atoms. The molecule has 1 aromatic rings. The maximum atomic E-state index is 13.1. The molecule has 0 N–H and O–H groups in total. The summed E-state index contributed by atoms with van der Waals surface area (Å²) in [6.07, 6.45) is 0. The summed E-state index contributed by atoms with van der Waals surface area (Å²) in [7, 11) is 2.85. The van der Waals surface area contributed by atoms with Crippen molar-refractivity contribution >= 4 is 5.91 Å². The van der Waals surface area contributed by atoms with Gasteiger partial charge < -0.3 is 0 Å². The first-order valence-corrected chi connectivity index (χ1v) is 4.14. The molecule has 0 saturated heterocycles. The van der Waals surface area contributed by atoms with Gasteiger partial charge in [0.25, 0.3) is 5.91 Å². The molecule has 3 nitrogen and oxygen atoms in total. The van der Waals surface area contributed by atoms with Gasteiger partial charge in [-0.15, -0.1) is 0 Å². The molecule has 4 heteroatoms. The number of aryl methyl sites for hydroxylation is 1. The predicted octanol–water partition coefficient (Wildman–Crippen LogP) is 1.77. The molecule has 1 rings (SSSR count). The van der Waals surface area contributed by atoms with Crippen LogP contribution >= 0.6 is 0 Å². The van der Waals surface area contributed by atoms with Gasteiger partial charge in [0.1, 0.15) is 5.82 Å². The Morgan fingerprint density at radius 1 is 1.50 bits per heavy atom. The molecular formula is C10H12FNO2. The van der Waals surface area contributed by atoms with E-state index in [0.29, 0.717) is 5.56 Å². The zero-order valence-electron chi connectivity index (χ0n) is 8.37. The lowest BCUT2D eigenvalue weighted by molar-refractivity contribution is -0.0757. The van der Waals surface area contributed by atoms with Crippen LogP contribution in [0.3, 0.4) is 0 Å². The molecule has 1 aromatic carbocycles. The van der Waals surface area contributed by atoms with Crippen molar-refractivity contribution in [2.24, 2.45) is 0 Å². The minimum Gasteiger partial charge on any atom is -0.274 e. The fourth-order valence-corrected chi connectivity index (χ4v) is 0.991. The van der Waals surface area contributed by atoms with Crippen LogP contribution in [0.25, 0.3) is 0 Å². The molecule has 0 aliphatic carbocycles. The number of carbonyl (C=O) groups is 1. The fraction of sp³-hybridized carbons (Fsp3) is 0.300. The van der Waals surface area contributed by atoms with Crippen molar-refractivity contribution in [2.45, 2.75) is 6.92 Å². The molecule has 0 aliphatic heterocycles. The van der Waals surface area contributed by atoms with Crippen molar-refractivity contribution in [1.29, 1.82) is 0 Å². The maximum Gasteiger partial charge on any atom is 0.277 e. The summed E-state index contributed by atoms with van der Waals surface area (Å²) in [5, 5.41) is 1.05. The second-order valence-corrected chi connectivity index (χ2v) is 2.95. The minimum atomic E-state index is -0.389. The monoisotopic (exact) mass is 197 g/mol. The number of hydrogen-bond donors (Lipinski definition) is 0. The van der Waals surface area contributed by atoms with Gasteiger partial charge in [0, 0.05) is 12.6 Å².